The lowest BCUT2D eigenvalue weighted by Crippen LogP contribution is -2.38. The summed E-state index contributed by atoms with van der Waals surface area (Å²) in [5, 5.41) is 1.30. The van der Waals surface area contributed by atoms with Gasteiger partial charge in [-0.05, 0) is 61.1 Å². The standard InChI is InChI=1S/C21H21FN2O/c22-18-7-5-16(6-8-18)21(25)24-11-9-15(10-12-24)13-17-14-23-20-4-2-1-3-19(17)20/h1-8,14-15,23H,9-13H2. The number of hydrogen-bond donors (Lipinski definition) is 1. The number of para-hydroxylation sites is 1. The minimum absolute atomic E-state index is 0.00513. The third-order valence-corrected chi connectivity index (χ3v) is 5.18. The molecule has 2 heterocycles. The Kier molecular flexibility index (Phi) is 4.26. The Morgan fingerprint density at radius 3 is 2.56 bits per heavy atom. The van der Waals surface area contributed by atoms with Gasteiger partial charge in [-0.25, -0.2) is 4.39 Å². The van der Waals surface area contributed by atoms with Crippen molar-refractivity contribution in [3.05, 3.63) is 71.7 Å². The molecule has 1 fully saturated rings. The molecule has 1 amide bonds. The summed E-state index contributed by atoms with van der Waals surface area (Å²) in [7, 11) is 0. The van der Waals surface area contributed by atoms with Crippen LogP contribution in [0.25, 0.3) is 10.9 Å². The molecule has 1 aliphatic rings. The van der Waals surface area contributed by atoms with Crippen molar-refractivity contribution >= 4 is 16.8 Å². The van der Waals surface area contributed by atoms with Gasteiger partial charge in [0.15, 0.2) is 0 Å². The van der Waals surface area contributed by atoms with Crippen LogP contribution in [-0.2, 0) is 6.42 Å². The van der Waals surface area contributed by atoms with E-state index in [0.29, 0.717) is 11.5 Å². The van der Waals surface area contributed by atoms with Crippen LogP contribution in [0.1, 0.15) is 28.8 Å². The SMILES string of the molecule is O=C(c1ccc(F)cc1)N1CCC(Cc2c[nH]c3ccccc23)CC1. The van der Waals surface area contributed by atoms with E-state index in [2.05, 4.69) is 29.4 Å². The second-order valence-electron chi connectivity index (χ2n) is 6.81. The molecule has 1 aliphatic heterocycles. The van der Waals surface area contributed by atoms with Gasteiger partial charge < -0.3 is 9.88 Å². The molecule has 0 saturated carbocycles. The molecule has 3 nitrogen and oxygen atoms in total. The monoisotopic (exact) mass is 336 g/mol. The number of aromatic amines is 1. The molecule has 2 aromatic carbocycles. The smallest absolute Gasteiger partial charge is 0.253 e. The molecule has 0 aliphatic carbocycles. The molecule has 0 radical (unpaired) electrons. The molecule has 4 rings (SSSR count). The summed E-state index contributed by atoms with van der Waals surface area (Å²) in [5.74, 6) is 0.288. The minimum atomic E-state index is -0.311. The first-order chi connectivity index (χ1) is 12.2. The number of halogens is 1. The molecule has 128 valence electrons. The van der Waals surface area contributed by atoms with E-state index in [-0.39, 0.29) is 11.7 Å². The Labute approximate surface area is 146 Å². The fraction of sp³-hybridized carbons (Fsp3) is 0.286. The highest BCUT2D eigenvalue weighted by Crippen LogP contribution is 2.26. The zero-order chi connectivity index (χ0) is 17.2. The predicted molar refractivity (Wildman–Crippen MR) is 97.0 cm³/mol. The molecule has 1 aromatic heterocycles. The van der Waals surface area contributed by atoms with Crippen molar-refractivity contribution in [2.45, 2.75) is 19.3 Å². The largest absolute Gasteiger partial charge is 0.361 e. The summed E-state index contributed by atoms with van der Waals surface area (Å²) in [6, 6.07) is 14.2. The van der Waals surface area contributed by atoms with Crippen molar-refractivity contribution in [3.63, 3.8) is 0 Å². The highest BCUT2D eigenvalue weighted by molar-refractivity contribution is 5.94. The molecule has 3 aromatic rings. The van der Waals surface area contributed by atoms with Crippen LogP contribution in [0.4, 0.5) is 4.39 Å². The maximum absolute atomic E-state index is 13.0. The molecular weight excluding hydrogens is 315 g/mol. The second kappa shape index (κ2) is 6.71. The predicted octanol–water partition coefficient (Wildman–Crippen LogP) is 4.40. The number of likely N-dealkylation sites (tertiary alicyclic amines) is 1. The Balaban J connectivity index is 1.38. The summed E-state index contributed by atoms with van der Waals surface area (Å²) < 4.78 is 13.0. The summed E-state index contributed by atoms with van der Waals surface area (Å²) in [5.41, 5.74) is 3.11. The van der Waals surface area contributed by atoms with Crippen LogP contribution in [0.2, 0.25) is 0 Å². The molecule has 0 atom stereocenters. The molecule has 1 N–H and O–H groups in total. The van der Waals surface area contributed by atoms with Gasteiger partial charge in [-0.3, -0.25) is 4.79 Å². The number of carbonyl (C=O) groups is 1. The lowest BCUT2D eigenvalue weighted by molar-refractivity contribution is 0.0690. The van der Waals surface area contributed by atoms with Crippen LogP contribution in [0, 0.1) is 11.7 Å². The van der Waals surface area contributed by atoms with E-state index in [4.69, 9.17) is 0 Å². The van der Waals surface area contributed by atoms with Crippen molar-refractivity contribution in [3.8, 4) is 0 Å². The number of hydrogen-bond acceptors (Lipinski definition) is 1. The number of benzene rings is 2. The van der Waals surface area contributed by atoms with Crippen LogP contribution >= 0.6 is 0 Å². The third kappa shape index (κ3) is 3.29. The lowest BCUT2D eigenvalue weighted by atomic mass is 9.90. The topological polar surface area (TPSA) is 36.1 Å². The van der Waals surface area contributed by atoms with Gasteiger partial charge in [0.25, 0.3) is 5.91 Å². The minimum Gasteiger partial charge on any atom is -0.361 e. The van der Waals surface area contributed by atoms with Crippen LogP contribution in [0.5, 0.6) is 0 Å². The van der Waals surface area contributed by atoms with E-state index >= 15 is 0 Å². The molecule has 1 saturated heterocycles. The first-order valence-electron chi connectivity index (χ1n) is 8.80. The summed E-state index contributed by atoms with van der Waals surface area (Å²) in [6.07, 6.45) is 5.17. The zero-order valence-electron chi connectivity index (χ0n) is 14.0. The average Bonchev–Trinajstić information content (AvgIpc) is 3.06. The molecule has 4 heteroatoms. The Hall–Kier alpha value is -2.62. The van der Waals surface area contributed by atoms with Gasteiger partial charge >= 0.3 is 0 Å². The zero-order valence-corrected chi connectivity index (χ0v) is 14.0. The van der Waals surface area contributed by atoms with Gasteiger partial charge in [0.2, 0.25) is 0 Å². The van der Waals surface area contributed by atoms with E-state index in [0.717, 1.165) is 32.4 Å². The van der Waals surface area contributed by atoms with Gasteiger partial charge in [-0.1, -0.05) is 18.2 Å². The molecular formula is C21H21FN2O. The fourth-order valence-electron chi connectivity index (χ4n) is 3.73. The lowest BCUT2D eigenvalue weighted by Gasteiger charge is -2.32. The van der Waals surface area contributed by atoms with Gasteiger partial charge in [-0.15, -0.1) is 0 Å². The van der Waals surface area contributed by atoms with Crippen LogP contribution < -0.4 is 0 Å². The van der Waals surface area contributed by atoms with Crippen molar-refractivity contribution in [2.24, 2.45) is 5.92 Å². The van der Waals surface area contributed by atoms with E-state index in [1.807, 2.05) is 11.0 Å². The van der Waals surface area contributed by atoms with E-state index in [1.165, 1.54) is 28.6 Å². The number of nitrogens with one attached hydrogen (secondary N) is 1. The first-order valence-corrected chi connectivity index (χ1v) is 8.80. The van der Waals surface area contributed by atoms with Gasteiger partial charge in [0, 0.05) is 35.8 Å². The average molecular weight is 336 g/mol. The van der Waals surface area contributed by atoms with Gasteiger partial charge in [0.1, 0.15) is 5.82 Å². The number of rotatable bonds is 3. The van der Waals surface area contributed by atoms with E-state index in [9.17, 15) is 9.18 Å². The van der Waals surface area contributed by atoms with E-state index < -0.39 is 0 Å². The number of H-pyrrole nitrogens is 1. The summed E-state index contributed by atoms with van der Waals surface area (Å²) >= 11 is 0. The first kappa shape index (κ1) is 15.9. The van der Waals surface area contributed by atoms with Crippen LogP contribution in [0.15, 0.2) is 54.7 Å². The number of aromatic nitrogens is 1. The normalized spacial score (nSPS) is 15.6. The number of carbonyl (C=O) groups excluding carboxylic acids is 1. The Bertz CT molecular complexity index is 876. The molecule has 0 unspecified atom stereocenters. The van der Waals surface area contributed by atoms with Gasteiger partial charge in [-0.2, -0.15) is 0 Å². The highest BCUT2D eigenvalue weighted by atomic mass is 19.1. The highest BCUT2D eigenvalue weighted by Gasteiger charge is 2.24. The Morgan fingerprint density at radius 2 is 1.80 bits per heavy atom. The third-order valence-electron chi connectivity index (χ3n) is 5.18. The van der Waals surface area contributed by atoms with Gasteiger partial charge in [0.05, 0.1) is 0 Å². The summed E-state index contributed by atoms with van der Waals surface area (Å²) in [4.78, 5) is 17.7. The Morgan fingerprint density at radius 1 is 1.08 bits per heavy atom. The fourth-order valence-corrected chi connectivity index (χ4v) is 3.73. The summed E-state index contributed by atoms with van der Waals surface area (Å²) in [6.45, 7) is 1.53. The molecule has 0 spiro atoms. The van der Waals surface area contributed by atoms with Crippen molar-refractivity contribution in [1.82, 2.24) is 9.88 Å². The maximum atomic E-state index is 13.0. The quantitative estimate of drug-likeness (QED) is 0.756. The number of fused-ring (bicyclic) bond motifs is 1. The van der Waals surface area contributed by atoms with Crippen molar-refractivity contribution in [2.75, 3.05) is 13.1 Å². The molecule has 0 bridgehead atoms. The van der Waals surface area contributed by atoms with Crippen molar-refractivity contribution < 1.29 is 9.18 Å². The van der Waals surface area contributed by atoms with Crippen molar-refractivity contribution in [1.29, 1.82) is 0 Å². The molecule has 25 heavy (non-hydrogen) atoms. The van der Waals surface area contributed by atoms with Crippen LogP contribution in [0.3, 0.4) is 0 Å². The van der Waals surface area contributed by atoms with Crippen LogP contribution in [-0.4, -0.2) is 28.9 Å². The number of amides is 1. The number of nitrogens with zero attached hydrogens (tertiary/aromatic N) is 1. The maximum Gasteiger partial charge on any atom is 0.253 e. The second-order valence-corrected chi connectivity index (χ2v) is 6.81. The van der Waals surface area contributed by atoms with E-state index in [1.54, 1.807) is 12.1 Å². The number of piperidine rings is 1.